The number of rotatable bonds is 2. The minimum Gasteiger partial charge on any atom is -0.480 e. The summed E-state index contributed by atoms with van der Waals surface area (Å²) in [5, 5.41) is 9.18. The number of aldehydes is 1. The van der Waals surface area contributed by atoms with Crippen molar-refractivity contribution in [2.24, 2.45) is 22.7 Å². The standard InChI is InChI=1S/C11H16O3/c1-10(2)7-3-4-11(6-12,9(13)14)8(10)5-7/h6-8H,3-5H2,1-2H3,(H,13,14). The zero-order valence-electron chi connectivity index (χ0n) is 8.62. The number of carbonyl (C=O) groups is 2. The van der Waals surface area contributed by atoms with Crippen LogP contribution >= 0.6 is 0 Å². The van der Waals surface area contributed by atoms with Crippen LogP contribution in [0.4, 0.5) is 0 Å². The summed E-state index contributed by atoms with van der Waals surface area (Å²) in [4.78, 5) is 22.3. The van der Waals surface area contributed by atoms with Crippen molar-refractivity contribution in [1.82, 2.24) is 0 Å². The average molecular weight is 196 g/mol. The van der Waals surface area contributed by atoms with Crippen LogP contribution in [0.15, 0.2) is 0 Å². The molecular formula is C11H16O3. The fraction of sp³-hybridized carbons (Fsp3) is 0.818. The maximum absolute atomic E-state index is 11.2. The van der Waals surface area contributed by atoms with Crippen molar-refractivity contribution < 1.29 is 14.7 Å². The van der Waals surface area contributed by atoms with E-state index in [4.69, 9.17) is 0 Å². The topological polar surface area (TPSA) is 54.4 Å². The molecule has 3 heteroatoms. The lowest BCUT2D eigenvalue weighted by Crippen LogP contribution is -2.61. The molecule has 14 heavy (non-hydrogen) atoms. The zero-order chi connectivity index (χ0) is 10.6. The van der Waals surface area contributed by atoms with E-state index >= 15 is 0 Å². The van der Waals surface area contributed by atoms with Gasteiger partial charge in [0.25, 0.3) is 0 Å². The van der Waals surface area contributed by atoms with Crippen LogP contribution in [0.3, 0.4) is 0 Å². The summed E-state index contributed by atoms with van der Waals surface area (Å²) in [5.41, 5.74) is -1.05. The fourth-order valence-electron chi connectivity index (χ4n) is 3.41. The Morgan fingerprint density at radius 3 is 2.43 bits per heavy atom. The number of hydrogen-bond acceptors (Lipinski definition) is 2. The number of carboxylic acids is 1. The summed E-state index contributed by atoms with van der Waals surface area (Å²) in [7, 11) is 0. The highest BCUT2D eigenvalue weighted by Crippen LogP contribution is 2.65. The maximum Gasteiger partial charge on any atom is 0.317 e. The molecule has 3 aliphatic rings. The highest BCUT2D eigenvalue weighted by Gasteiger charge is 2.64. The predicted octanol–water partition coefficient (Wildman–Crippen LogP) is 1.71. The third kappa shape index (κ3) is 0.877. The molecule has 78 valence electrons. The third-order valence-electron chi connectivity index (χ3n) is 4.61. The SMILES string of the molecule is CC1(C)C2CCC(C=O)(C(=O)O)C1C2. The lowest BCUT2D eigenvalue weighted by molar-refractivity contribution is -0.188. The van der Waals surface area contributed by atoms with Crippen LogP contribution < -0.4 is 0 Å². The first-order valence-corrected chi connectivity index (χ1v) is 5.15. The lowest BCUT2D eigenvalue weighted by Gasteiger charge is -2.62. The van der Waals surface area contributed by atoms with E-state index in [1.54, 1.807) is 0 Å². The van der Waals surface area contributed by atoms with Crippen molar-refractivity contribution >= 4 is 12.3 Å². The smallest absolute Gasteiger partial charge is 0.317 e. The summed E-state index contributed by atoms with van der Waals surface area (Å²) in [6.45, 7) is 4.18. The van der Waals surface area contributed by atoms with E-state index in [9.17, 15) is 14.7 Å². The molecule has 3 nitrogen and oxygen atoms in total. The van der Waals surface area contributed by atoms with Gasteiger partial charge in [0, 0.05) is 0 Å². The third-order valence-corrected chi connectivity index (χ3v) is 4.61. The minimum atomic E-state index is -1.09. The first kappa shape index (κ1) is 9.69. The molecule has 3 rings (SSSR count). The number of hydrogen-bond donors (Lipinski definition) is 1. The summed E-state index contributed by atoms with van der Waals surface area (Å²) in [5.74, 6) is -0.257. The Labute approximate surface area is 83.5 Å². The van der Waals surface area contributed by atoms with Crippen molar-refractivity contribution in [1.29, 1.82) is 0 Å². The van der Waals surface area contributed by atoms with E-state index in [-0.39, 0.29) is 11.3 Å². The van der Waals surface area contributed by atoms with Gasteiger partial charge < -0.3 is 9.90 Å². The summed E-state index contributed by atoms with van der Waals surface area (Å²) in [6.07, 6.45) is 3.01. The van der Waals surface area contributed by atoms with Gasteiger partial charge in [0.05, 0.1) is 0 Å². The number of fused-ring (bicyclic) bond motifs is 2. The van der Waals surface area contributed by atoms with Gasteiger partial charge in [0.1, 0.15) is 11.7 Å². The van der Waals surface area contributed by atoms with Crippen LogP contribution in [0.5, 0.6) is 0 Å². The minimum absolute atomic E-state index is 0.0392. The van der Waals surface area contributed by atoms with Crippen molar-refractivity contribution in [3.63, 3.8) is 0 Å². The van der Waals surface area contributed by atoms with Crippen LogP contribution in [0, 0.1) is 22.7 Å². The Balaban J connectivity index is 2.37. The first-order valence-electron chi connectivity index (χ1n) is 5.15. The quantitative estimate of drug-likeness (QED) is 0.540. The number of carboxylic acid groups (broad SMARTS) is 1. The van der Waals surface area contributed by atoms with Gasteiger partial charge in [-0.05, 0) is 36.5 Å². The number of aliphatic carboxylic acids is 1. The molecule has 3 fully saturated rings. The predicted molar refractivity (Wildman–Crippen MR) is 50.7 cm³/mol. The first-order chi connectivity index (χ1) is 6.45. The summed E-state index contributed by atoms with van der Waals surface area (Å²) < 4.78 is 0. The van der Waals surface area contributed by atoms with E-state index in [1.165, 1.54) is 0 Å². The van der Waals surface area contributed by atoms with Crippen LogP contribution in [-0.2, 0) is 9.59 Å². The van der Waals surface area contributed by atoms with Gasteiger partial charge in [0.2, 0.25) is 0 Å². The van der Waals surface area contributed by atoms with E-state index in [2.05, 4.69) is 13.8 Å². The van der Waals surface area contributed by atoms with Gasteiger partial charge in [-0.25, -0.2) is 0 Å². The van der Waals surface area contributed by atoms with Gasteiger partial charge in [0.15, 0.2) is 0 Å². The van der Waals surface area contributed by atoms with E-state index in [0.717, 1.165) is 12.8 Å². The van der Waals surface area contributed by atoms with E-state index < -0.39 is 11.4 Å². The molecule has 3 aliphatic carbocycles. The fourth-order valence-corrected chi connectivity index (χ4v) is 3.41. The van der Waals surface area contributed by atoms with Crippen LogP contribution in [0.2, 0.25) is 0 Å². The molecular weight excluding hydrogens is 180 g/mol. The summed E-state index contributed by atoms with van der Waals surface area (Å²) >= 11 is 0. The van der Waals surface area contributed by atoms with Crippen molar-refractivity contribution in [2.45, 2.75) is 33.1 Å². The highest BCUT2D eigenvalue weighted by molar-refractivity contribution is 5.93. The maximum atomic E-state index is 11.2. The van der Waals surface area contributed by atoms with Crippen molar-refractivity contribution in [3.8, 4) is 0 Å². The van der Waals surface area contributed by atoms with Gasteiger partial charge >= 0.3 is 5.97 Å². The van der Waals surface area contributed by atoms with Gasteiger partial charge in [-0.3, -0.25) is 4.79 Å². The highest BCUT2D eigenvalue weighted by atomic mass is 16.4. The second-order valence-corrected chi connectivity index (χ2v) is 5.31. The average Bonchev–Trinajstić information content (AvgIpc) is 2.17. The monoisotopic (exact) mass is 196 g/mol. The van der Waals surface area contributed by atoms with Crippen LogP contribution in [0.25, 0.3) is 0 Å². The normalized spacial score (nSPS) is 43.9. The molecule has 0 aromatic rings. The van der Waals surface area contributed by atoms with Gasteiger partial charge in [-0.15, -0.1) is 0 Å². The lowest BCUT2D eigenvalue weighted by atomic mass is 9.41. The number of carbonyl (C=O) groups excluding carboxylic acids is 1. The molecule has 0 amide bonds. The van der Waals surface area contributed by atoms with Crippen molar-refractivity contribution in [3.05, 3.63) is 0 Å². The van der Waals surface area contributed by atoms with E-state index in [1.807, 2.05) is 0 Å². The Hall–Kier alpha value is -0.860. The van der Waals surface area contributed by atoms with E-state index in [0.29, 0.717) is 18.6 Å². The molecule has 3 atom stereocenters. The second kappa shape index (κ2) is 2.59. The molecule has 0 heterocycles. The van der Waals surface area contributed by atoms with Gasteiger partial charge in [-0.1, -0.05) is 13.8 Å². The van der Waals surface area contributed by atoms with Crippen LogP contribution in [0.1, 0.15) is 33.1 Å². The molecule has 2 bridgehead atoms. The molecule has 0 spiro atoms. The summed E-state index contributed by atoms with van der Waals surface area (Å²) in [6, 6.07) is 0. The molecule has 0 aliphatic heterocycles. The molecule has 0 saturated heterocycles. The Morgan fingerprint density at radius 1 is 1.50 bits per heavy atom. The zero-order valence-corrected chi connectivity index (χ0v) is 8.62. The van der Waals surface area contributed by atoms with Crippen LogP contribution in [-0.4, -0.2) is 17.4 Å². The molecule has 0 radical (unpaired) electrons. The molecule has 0 aromatic carbocycles. The molecule has 0 aromatic heterocycles. The molecule has 3 unspecified atom stereocenters. The molecule has 1 N–H and O–H groups in total. The Bertz CT molecular complexity index is 293. The second-order valence-electron chi connectivity index (χ2n) is 5.31. The Morgan fingerprint density at radius 2 is 2.14 bits per heavy atom. The van der Waals surface area contributed by atoms with Crippen molar-refractivity contribution in [2.75, 3.05) is 0 Å². The Kier molecular flexibility index (Phi) is 1.79. The molecule has 3 saturated carbocycles. The van der Waals surface area contributed by atoms with Gasteiger partial charge in [-0.2, -0.15) is 0 Å². The largest absolute Gasteiger partial charge is 0.480 e.